The normalized spacial score (nSPS) is 21.3. The lowest BCUT2D eigenvalue weighted by molar-refractivity contribution is 0.00578. The van der Waals surface area contributed by atoms with E-state index in [2.05, 4.69) is 10.1 Å². The average molecular weight is 343 g/mol. The summed E-state index contributed by atoms with van der Waals surface area (Å²) in [5.41, 5.74) is 0.0518. The van der Waals surface area contributed by atoms with Crippen LogP contribution in [0.25, 0.3) is 0 Å². The largest absolute Gasteiger partial charge is 0.494 e. The van der Waals surface area contributed by atoms with Crippen LogP contribution in [0.15, 0.2) is 36.9 Å². The fourth-order valence-electron chi connectivity index (χ4n) is 2.92. The Balaban J connectivity index is 1.80. The summed E-state index contributed by atoms with van der Waals surface area (Å²) >= 11 is 0. The van der Waals surface area contributed by atoms with Gasteiger partial charge in [0, 0.05) is 0 Å². The Kier molecular flexibility index (Phi) is 4.51. The molecule has 1 unspecified atom stereocenters. The van der Waals surface area contributed by atoms with Crippen molar-refractivity contribution in [2.24, 2.45) is 0 Å². The predicted molar refractivity (Wildman–Crippen MR) is 96.4 cm³/mol. The van der Waals surface area contributed by atoms with Gasteiger partial charge in [0.1, 0.15) is 18.3 Å². The molecule has 0 radical (unpaired) electrons. The zero-order valence-corrected chi connectivity index (χ0v) is 15.6. The monoisotopic (exact) mass is 343 g/mol. The minimum atomic E-state index is -0.998. The van der Waals surface area contributed by atoms with Gasteiger partial charge in [0.05, 0.1) is 17.7 Å². The number of benzene rings is 1. The minimum absolute atomic E-state index is 0.360. The third-order valence-corrected chi connectivity index (χ3v) is 5.45. The standard InChI is InChI=1S/C18H26BN3O3/c1-6-18(23,11-22-13-20-12-21-22)14-7-9-15(10-8-14)19-24-16(2,3)17(4,5)25-19/h7-10,12-13,23H,6,11H2,1-5H3. The lowest BCUT2D eigenvalue weighted by Gasteiger charge is -2.32. The number of aromatic nitrogens is 3. The molecule has 0 bridgehead atoms. The molecule has 1 aliphatic heterocycles. The molecule has 1 aromatic carbocycles. The molecule has 0 aliphatic carbocycles. The molecule has 6 nitrogen and oxygen atoms in total. The third kappa shape index (κ3) is 3.36. The van der Waals surface area contributed by atoms with Crippen LogP contribution in [0.4, 0.5) is 0 Å². The molecular formula is C18H26BN3O3. The van der Waals surface area contributed by atoms with E-state index in [-0.39, 0.29) is 11.2 Å². The van der Waals surface area contributed by atoms with Crippen LogP contribution in [0.1, 0.15) is 46.6 Å². The van der Waals surface area contributed by atoms with Gasteiger partial charge >= 0.3 is 7.12 Å². The minimum Gasteiger partial charge on any atom is -0.399 e. The van der Waals surface area contributed by atoms with Gasteiger partial charge in [-0.2, -0.15) is 5.10 Å². The van der Waals surface area contributed by atoms with E-state index in [9.17, 15) is 5.11 Å². The molecule has 0 amide bonds. The third-order valence-electron chi connectivity index (χ3n) is 5.45. The molecule has 25 heavy (non-hydrogen) atoms. The number of aliphatic hydroxyl groups is 1. The van der Waals surface area contributed by atoms with Crippen molar-refractivity contribution in [2.75, 3.05) is 0 Å². The molecule has 2 heterocycles. The molecule has 0 saturated carbocycles. The highest BCUT2D eigenvalue weighted by atomic mass is 16.7. The Morgan fingerprint density at radius 3 is 2.20 bits per heavy atom. The molecule has 7 heteroatoms. The highest BCUT2D eigenvalue weighted by Crippen LogP contribution is 2.36. The lowest BCUT2D eigenvalue weighted by Crippen LogP contribution is -2.41. The highest BCUT2D eigenvalue weighted by Gasteiger charge is 2.51. The van der Waals surface area contributed by atoms with Crippen LogP contribution < -0.4 is 5.46 Å². The molecule has 134 valence electrons. The van der Waals surface area contributed by atoms with Gasteiger partial charge in [-0.15, -0.1) is 0 Å². The number of nitrogens with zero attached hydrogens (tertiary/aromatic N) is 3. The first-order valence-electron chi connectivity index (χ1n) is 8.68. The van der Waals surface area contributed by atoms with Crippen LogP contribution in [0.3, 0.4) is 0 Å². The predicted octanol–water partition coefficient (Wildman–Crippen LogP) is 1.88. The molecule has 1 fully saturated rings. The molecular weight excluding hydrogens is 317 g/mol. The van der Waals surface area contributed by atoms with Crippen molar-refractivity contribution in [3.05, 3.63) is 42.5 Å². The summed E-state index contributed by atoms with van der Waals surface area (Å²) in [6, 6.07) is 7.78. The van der Waals surface area contributed by atoms with Gasteiger partial charge in [0.2, 0.25) is 0 Å². The van der Waals surface area contributed by atoms with Gasteiger partial charge in [-0.05, 0) is 45.1 Å². The first-order chi connectivity index (χ1) is 11.7. The van der Waals surface area contributed by atoms with E-state index in [4.69, 9.17) is 9.31 Å². The maximum absolute atomic E-state index is 11.0. The summed E-state index contributed by atoms with van der Waals surface area (Å²) in [6.45, 7) is 10.5. The van der Waals surface area contributed by atoms with Crippen molar-refractivity contribution < 1.29 is 14.4 Å². The van der Waals surface area contributed by atoms with Crippen molar-refractivity contribution in [2.45, 2.75) is 64.4 Å². The molecule has 0 spiro atoms. The Labute approximate surface area is 149 Å². The zero-order chi connectivity index (χ0) is 18.3. The number of rotatable bonds is 5. The first-order valence-corrected chi connectivity index (χ1v) is 8.68. The Morgan fingerprint density at radius 1 is 1.12 bits per heavy atom. The summed E-state index contributed by atoms with van der Waals surface area (Å²) in [5, 5.41) is 15.1. The highest BCUT2D eigenvalue weighted by molar-refractivity contribution is 6.62. The van der Waals surface area contributed by atoms with Crippen molar-refractivity contribution in [1.29, 1.82) is 0 Å². The van der Waals surface area contributed by atoms with E-state index in [1.165, 1.54) is 6.33 Å². The lowest BCUT2D eigenvalue weighted by atomic mass is 9.77. The molecule has 3 rings (SSSR count). The number of hydrogen-bond donors (Lipinski definition) is 1. The van der Waals surface area contributed by atoms with E-state index in [0.29, 0.717) is 13.0 Å². The second-order valence-electron chi connectivity index (χ2n) is 7.69. The van der Waals surface area contributed by atoms with Crippen LogP contribution in [0.5, 0.6) is 0 Å². The summed E-state index contributed by atoms with van der Waals surface area (Å²) in [5.74, 6) is 0. The van der Waals surface area contributed by atoms with Crippen molar-refractivity contribution in [1.82, 2.24) is 14.8 Å². The van der Waals surface area contributed by atoms with Gasteiger partial charge < -0.3 is 14.4 Å². The maximum atomic E-state index is 11.0. The number of hydrogen-bond acceptors (Lipinski definition) is 5. The van der Waals surface area contributed by atoms with Crippen molar-refractivity contribution in [3.8, 4) is 0 Å². The summed E-state index contributed by atoms with van der Waals surface area (Å²) in [7, 11) is -0.399. The topological polar surface area (TPSA) is 69.4 Å². The van der Waals surface area contributed by atoms with Crippen LogP contribution >= 0.6 is 0 Å². The first kappa shape index (κ1) is 18.1. The molecule has 1 N–H and O–H groups in total. The van der Waals surface area contributed by atoms with Crippen molar-refractivity contribution in [3.63, 3.8) is 0 Å². The quantitative estimate of drug-likeness (QED) is 0.840. The summed E-state index contributed by atoms with van der Waals surface area (Å²) in [4.78, 5) is 3.94. The smallest absolute Gasteiger partial charge is 0.399 e. The van der Waals surface area contributed by atoms with Crippen LogP contribution in [-0.2, 0) is 21.5 Å². The van der Waals surface area contributed by atoms with Gasteiger partial charge in [-0.25, -0.2) is 9.67 Å². The molecule has 1 aliphatic rings. The van der Waals surface area contributed by atoms with E-state index < -0.39 is 12.7 Å². The second-order valence-corrected chi connectivity index (χ2v) is 7.69. The average Bonchev–Trinajstić information content (AvgIpc) is 3.13. The van der Waals surface area contributed by atoms with Gasteiger partial charge in [0.15, 0.2) is 0 Å². The summed E-state index contributed by atoms with van der Waals surface area (Å²) < 4.78 is 13.8. The maximum Gasteiger partial charge on any atom is 0.494 e. The van der Waals surface area contributed by atoms with Gasteiger partial charge in [-0.1, -0.05) is 31.2 Å². The van der Waals surface area contributed by atoms with E-state index >= 15 is 0 Å². The fourth-order valence-corrected chi connectivity index (χ4v) is 2.92. The van der Waals surface area contributed by atoms with E-state index in [1.54, 1.807) is 11.0 Å². The molecule has 2 aromatic rings. The van der Waals surface area contributed by atoms with Gasteiger partial charge in [0.25, 0.3) is 0 Å². The zero-order valence-electron chi connectivity index (χ0n) is 15.6. The molecule has 1 atom stereocenters. The second kappa shape index (κ2) is 6.23. The van der Waals surface area contributed by atoms with E-state index in [1.807, 2.05) is 58.9 Å². The van der Waals surface area contributed by atoms with Crippen LogP contribution in [0.2, 0.25) is 0 Å². The Bertz CT molecular complexity index is 700. The van der Waals surface area contributed by atoms with Crippen molar-refractivity contribution >= 4 is 12.6 Å². The fraction of sp³-hybridized carbons (Fsp3) is 0.556. The van der Waals surface area contributed by atoms with Crippen LogP contribution in [0, 0.1) is 0 Å². The molecule has 1 saturated heterocycles. The van der Waals surface area contributed by atoms with E-state index in [0.717, 1.165) is 11.0 Å². The van der Waals surface area contributed by atoms with Gasteiger partial charge in [-0.3, -0.25) is 0 Å². The SMILES string of the molecule is CCC(O)(Cn1cncn1)c1ccc(B2OC(C)(C)C(C)(C)O2)cc1. The Hall–Kier alpha value is -1.70. The Morgan fingerprint density at radius 2 is 1.72 bits per heavy atom. The van der Waals surface area contributed by atoms with Crippen LogP contribution in [-0.4, -0.2) is 38.2 Å². The molecule has 1 aromatic heterocycles. The summed E-state index contributed by atoms with van der Waals surface area (Å²) in [6.07, 6.45) is 3.65.